The molecule has 3 heterocycles. The van der Waals surface area contributed by atoms with Crippen LogP contribution in [0.3, 0.4) is 0 Å². The molecule has 0 bridgehead atoms. The monoisotopic (exact) mass is 249 g/mol. The second-order valence-electron chi connectivity index (χ2n) is 5.36. The van der Waals surface area contributed by atoms with Crippen LogP contribution in [-0.2, 0) is 4.84 Å². The number of allylic oxidation sites excluding steroid dienone is 1. The molecule has 1 fully saturated rings. The van der Waals surface area contributed by atoms with Crippen molar-refractivity contribution in [2.45, 2.75) is 51.3 Å². The van der Waals surface area contributed by atoms with E-state index in [4.69, 9.17) is 4.84 Å². The van der Waals surface area contributed by atoms with Crippen molar-refractivity contribution < 1.29 is 4.84 Å². The molecule has 0 amide bonds. The highest BCUT2D eigenvalue weighted by atomic mass is 16.7. The van der Waals surface area contributed by atoms with Gasteiger partial charge in [-0.2, -0.15) is 0 Å². The standard InChI is InChI=1S/C14H23N3O/c1-2-17-10-6-4-8-12(17)13-11-7-3-5-9-15-14(11)18-16-13/h7,12,14-15H,2-6,8-10H2,1H3/t12-,14-/m1/s1. The molecule has 0 aromatic heterocycles. The van der Waals surface area contributed by atoms with Crippen LogP contribution in [0, 0.1) is 0 Å². The third-order valence-electron chi connectivity index (χ3n) is 4.25. The van der Waals surface area contributed by atoms with E-state index < -0.39 is 0 Å². The maximum Gasteiger partial charge on any atom is 0.206 e. The van der Waals surface area contributed by atoms with Gasteiger partial charge in [0.25, 0.3) is 0 Å². The van der Waals surface area contributed by atoms with Crippen molar-refractivity contribution in [1.82, 2.24) is 10.2 Å². The van der Waals surface area contributed by atoms with Crippen LogP contribution in [-0.4, -0.2) is 42.5 Å². The Labute approximate surface area is 109 Å². The average Bonchev–Trinajstić information content (AvgIpc) is 2.67. The van der Waals surface area contributed by atoms with E-state index in [9.17, 15) is 0 Å². The molecule has 0 aromatic carbocycles. The lowest BCUT2D eigenvalue weighted by Crippen LogP contribution is -2.45. The predicted molar refractivity (Wildman–Crippen MR) is 72.5 cm³/mol. The van der Waals surface area contributed by atoms with E-state index in [-0.39, 0.29) is 6.23 Å². The van der Waals surface area contributed by atoms with Crippen LogP contribution in [0.15, 0.2) is 16.8 Å². The topological polar surface area (TPSA) is 36.9 Å². The summed E-state index contributed by atoms with van der Waals surface area (Å²) >= 11 is 0. The summed E-state index contributed by atoms with van der Waals surface area (Å²) in [5, 5.41) is 7.81. The number of hydrogen-bond donors (Lipinski definition) is 1. The van der Waals surface area contributed by atoms with Gasteiger partial charge in [0.05, 0.1) is 6.04 Å². The van der Waals surface area contributed by atoms with E-state index in [0.717, 1.165) is 19.5 Å². The van der Waals surface area contributed by atoms with Crippen LogP contribution in [0.2, 0.25) is 0 Å². The number of fused-ring (bicyclic) bond motifs is 1. The highest BCUT2D eigenvalue weighted by Crippen LogP contribution is 2.27. The summed E-state index contributed by atoms with van der Waals surface area (Å²) in [7, 11) is 0. The number of nitrogens with zero attached hydrogens (tertiary/aromatic N) is 2. The summed E-state index contributed by atoms with van der Waals surface area (Å²) in [6.07, 6.45) is 8.53. The third-order valence-corrected chi connectivity index (χ3v) is 4.25. The highest BCUT2D eigenvalue weighted by Gasteiger charge is 2.36. The molecular formula is C14H23N3O. The lowest BCUT2D eigenvalue weighted by molar-refractivity contribution is 0.0802. The van der Waals surface area contributed by atoms with Crippen LogP contribution < -0.4 is 5.32 Å². The second kappa shape index (κ2) is 5.41. The molecule has 0 aliphatic carbocycles. The molecule has 4 nitrogen and oxygen atoms in total. The molecule has 0 unspecified atom stereocenters. The number of oxime groups is 1. The van der Waals surface area contributed by atoms with E-state index >= 15 is 0 Å². The van der Waals surface area contributed by atoms with Crippen LogP contribution in [0.1, 0.15) is 39.0 Å². The smallest absolute Gasteiger partial charge is 0.206 e. The van der Waals surface area contributed by atoms with Gasteiger partial charge < -0.3 is 4.84 Å². The summed E-state index contributed by atoms with van der Waals surface area (Å²) in [6, 6.07) is 0.472. The van der Waals surface area contributed by atoms with Crippen LogP contribution in [0.5, 0.6) is 0 Å². The van der Waals surface area contributed by atoms with Crippen molar-refractivity contribution in [3.05, 3.63) is 11.6 Å². The summed E-state index contributed by atoms with van der Waals surface area (Å²) < 4.78 is 0. The molecular weight excluding hydrogens is 226 g/mol. The van der Waals surface area contributed by atoms with Crippen LogP contribution >= 0.6 is 0 Å². The lowest BCUT2D eigenvalue weighted by atomic mass is 9.93. The van der Waals surface area contributed by atoms with Gasteiger partial charge in [-0.15, -0.1) is 0 Å². The maximum atomic E-state index is 5.58. The zero-order valence-electron chi connectivity index (χ0n) is 11.2. The molecule has 2 atom stereocenters. The SMILES string of the molecule is CCN1CCCC[C@@H]1C1=NO[C@H]2NCCCC=C12. The number of rotatable bonds is 2. The number of likely N-dealkylation sites (tertiary alicyclic amines) is 1. The van der Waals surface area contributed by atoms with Gasteiger partial charge in [-0.05, 0) is 45.3 Å². The molecule has 0 saturated carbocycles. The molecule has 3 aliphatic heterocycles. The Morgan fingerprint density at radius 2 is 2.39 bits per heavy atom. The molecule has 0 spiro atoms. The number of nitrogens with one attached hydrogen (secondary N) is 1. The first-order valence-corrected chi connectivity index (χ1v) is 7.31. The molecule has 18 heavy (non-hydrogen) atoms. The molecule has 4 heteroatoms. The van der Waals surface area contributed by atoms with Crippen molar-refractivity contribution >= 4 is 5.71 Å². The van der Waals surface area contributed by atoms with E-state index in [0.29, 0.717) is 6.04 Å². The van der Waals surface area contributed by atoms with E-state index in [1.165, 1.54) is 43.5 Å². The Morgan fingerprint density at radius 3 is 3.28 bits per heavy atom. The first-order valence-electron chi connectivity index (χ1n) is 7.31. The molecule has 100 valence electrons. The zero-order valence-corrected chi connectivity index (χ0v) is 11.2. The van der Waals surface area contributed by atoms with Gasteiger partial charge in [-0.3, -0.25) is 10.2 Å². The van der Waals surface area contributed by atoms with Crippen molar-refractivity contribution in [2.75, 3.05) is 19.6 Å². The minimum atomic E-state index is 0.0168. The van der Waals surface area contributed by atoms with Gasteiger partial charge in [0, 0.05) is 5.57 Å². The molecule has 1 saturated heterocycles. The van der Waals surface area contributed by atoms with Gasteiger partial charge in [0.15, 0.2) is 0 Å². The van der Waals surface area contributed by atoms with Gasteiger partial charge in [0.2, 0.25) is 6.23 Å². The van der Waals surface area contributed by atoms with Crippen molar-refractivity contribution in [3.8, 4) is 0 Å². The van der Waals surface area contributed by atoms with Crippen molar-refractivity contribution in [1.29, 1.82) is 0 Å². The maximum absolute atomic E-state index is 5.58. The summed E-state index contributed by atoms with van der Waals surface area (Å²) in [5.74, 6) is 0. The summed E-state index contributed by atoms with van der Waals surface area (Å²) in [4.78, 5) is 8.12. The fourth-order valence-corrected chi connectivity index (χ4v) is 3.24. The molecule has 1 N–H and O–H groups in total. The van der Waals surface area contributed by atoms with Gasteiger partial charge in [-0.25, -0.2) is 0 Å². The quantitative estimate of drug-likeness (QED) is 0.812. The van der Waals surface area contributed by atoms with Crippen LogP contribution in [0.4, 0.5) is 0 Å². The minimum Gasteiger partial charge on any atom is -0.371 e. The number of piperidine rings is 1. The second-order valence-corrected chi connectivity index (χ2v) is 5.36. The summed E-state index contributed by atoms with van der Waals surface area (Å²) in [6.45, 7) is 5.57. The van der Waals surface area contributed by atoms with E-state index in [1.807, 2.05) is 0 Å². The Morgan fingerprint density at radius 1 is 1.44 bits per heavy atom. The molecule has 0 aromatic rings. The van der Waals surface area contributed by atoms with Gasteiger partial charge in [-0.1, -0.05) is 24.6 Å². The first-order chi connectivity index (χ1) is 8.90. The highest BCUT2D eigenvalue weighted by molar-refractivity contribution is 6.05. The Bertz CT molecular complexity index is 364. The Hall–Kier alpha value is -0.870. The average molecular weight is 249 g/mol. The normalized spacial score (nSPS) is 33.2. The van der Waals surface area contributed by atoms with Crippen molar-refractivity contribution in [2.24, 2.45) is 5.16 Å². The first kappa shape index (κ1) is 12.2. The Balaban J connectivity index is 1.80. The molecule has 3 aliphatic rings. The minimum absolute atomic E-state index is 0.0168. The van der Waals surface area contributed by atoms with E-state index in [1.54, 1.807) is 0 Å². The van der Waals surface area contributed by atoms with E-state index in [2.05, 4.69) is 28.4 Å². The van der Waals surface area contributed by atoms with Crippen LogP contribution in [0.25, 0.3) is 0 Å². The zero-order chi connectivity index (χ0) is 12.4. The van der Waals surface area contributed by atoms with Crippen molar-refractivity contribution in [3.63, 3.8) is 0 Å². The lowest BCUT2D eigenvalue weighted by Gasteiger charge is -2.34. The fraction of sp³-hybridized carbons (Fsp3) is 0.786. The fourth-order valence-electron chi connectivity index (χ4n) is 3.24. The Kier molecular flexibility index (Phi) is 3.66. The third kappa shape index (κ3) is 2.19. The number of hydrogen-bond acceptors (Lipinski definition) is 4. The molecule has 3 rings (SSSR count). The largest absolute Gasteiger partial charge is 0.371 e. The summed E-state index contributed by atoms with van der Waals surface area (Å²) in [5.41, 5.74) is 2.49. The predicted octanol–water partition coefficient (Wildman–Crippen LogP) is 1.88. The molecule has 0 radical (unpaired) electrons. The van der Waals surface area contributed by atoms with Gasteiger partial charge >= 0.3 is 0 Å². The van der Waals surface area contributed by atoms with Gasteiger partial charge in [0.1, 0.15) is 5.71 Å².